The minimum atomic E-state index is -0.723. The van der Waals surface area contributed by atoms with E-state index in [0.717, 1.165) is 25.9 Å². The van der Waals surface area contributed by atoms with Crippen molar-refractivity contribution < 1.29 is 14.5 Å². The standard InChI is InChI=1S/C31H38N2O2/c1-6-21-32-25-16-9-7-14-23(25)30(2,3)27(32)18-13-19-28-31(4,5)24-15-8-10-17-26(24)33(28)22-12-11-20-29(34)35/h7-10,13-19H,6,11-12,20-22H2,1-5H3/p+1. The van der Waals surface area contributed by atoms with Gasteiger partial charge in [-0.2, -0.15) is 4.58 Å². The van der Waals surface area contributed by atoms with Gasteiger partial charge in [0, 0.05) is 53.9 Å². The van der Waals surface area contributed by atoms with Crippen molar-refractivity contribution >= 4 is 23.1 Å². The summed E-state index contributed by atoms with van der Waals surface area (Å²) in [7, 11) is 0. The molecule has 0 spiro atoms. The molecule has 0 radical (unpaired) electrons. The fourth-order valence-corrected chi connectivity index (χ4v) is 5.76. The van der Waals surface area contributed by atoms with Gasteiger partial charge in [0.2, 0.25) is 5.69 Å². The molecule has 0 fully saturated rings. The maximum absolute atomic E-state index is 11.0. The summed E-state index contributed by atoms with van der Waals surface area (Å²) < 4.78 is 2.47. The van der Waals surface area contributed by atoms with Gasteiger partial charge in [-0.3, -0.25) is 4.79 Å². The molecule has 2 aromatic carbocycles. The second-order valence-corrected chi connectivity index (χ2v) is 10.7. The monoisotopic (exact) mass is 471 g/mol. The number of allylic oxidation sites excluding steroid dienone is 4. The molecule has 0 saturated heterocycles. The van der Waals surface area contributed by atoms with Gasteiger partial charge in [-0.05, 0) is 44.4 Å². The van der Waals surface area contributed by atoms with Crippen molar-refractivity contribution in [2.24, 2.45) is 0 Å². The maximum Gasteiger partial charge on any atom is 0.303 e. The quantitative estimate of drug-likeness (QED) is 0.317. The van der Waals surface area contributed by atoms with Gasteiger partial charge in [-0.25, -0.2) is 0 Å². The molecule has 2 aromatic rings. The number of rotatable bonds is 9. The fraction of sp³-hybridized carbons (Fsp3) is 0.419. The Kier molecular flexibility index (Phi) is 7.02. The second kappa shape index (κ2) is 9.85. The number of para-hydroxylation sites is 2. The predicted octanol–water partition coefficient (Wildman–Crippen LogP) is 6.97. The number of carboxylic acids is 1. The van der Waals surface area contributed by atoms with Crippen molar-refractivity contribution in [3.8, 4) is 0 Å². The highest BCUT2D eigenvalue weighted by molar-refractivity contribution is 6.03. The summed E-state index contributed by atoms with van der Waals surface area (Å²) >= 11 is 0. The van der Waals surface area contributed by atoms with Crippen LogP contribution in [-0.4, -0.2) is 34.5 Å². The van der Waals surface area contributed by atoms with E-state index in [0.29, 0.717) is 6.42 Å². The van der Waals surface area contributed by atoms with Crippen LogP contribution in [0.2, 0.25) is 0 Å². The first-order valence-corrected chi connectivity index (χ1v) is 12.9. The topological polar surface area (TPSA) is 43.5 Å². The van der Waals surface area contributed by atoms with E-state index in [1.165, 1.54) is 33.9 Å². The lowest BCUT2D eigenvalue weighted by atomic mass is 9.81. The van der Waals surface area contributed by atoms with E-state index in [2.05, 4.69) is 111 Å². The Hall–Kier alpha value is -3.14. The number of fused-ring (bicyclic) bond motifs is 2. The van der Waals surface area contributed by atoms with Gasteiger partial charge in [-0.15, -0.1) is 0 Å². The zero-order valence-corrected chi connectivity index (χ0v) is 21.8. The molecule has 0 amide bonds. The zero-order chi connectivity index (χ0) is 25.2. The van der Waals surface area contributed by atoms with Crippen LogP contribution in [0.4, 0.5) is 11.4 Å². The Labute approximate surface area is 210 Å². The van der Waals surface area contributed by atoms with E-state index in [1.807, 2.05) is 0 Å². The first-order chi connectivity index (χ1) is 16.7. The molecule has 0 atom stereocenters. The van der Waals surface area contributed by atoms with Crippen LogP contribution in [0.5, 0.6) is 0 Å². The minimum Gasteiger partial charge on any atom is -0.481 e. The third kappa shape index (κ3) is 4.59. The Morgan fingerprint density at radius 2 is 1.66 bits per heavy atom. The molecule has 2 heterocycles. The fourth-order valence-electron chi connectivity index (χ4n) is 5.76. The van der Waals surface area contributed by atoms with Crippen molar-refractivity contribution in [2.45, 2.75) is 71.1 Å². The number of hydrogen-bond donors (Lipinski definition) is 1. The van der Waals surface area contributed by atoms with Crippen LogP contribution in [-0.2, 0) is 15.6 Å². The molecule has 2 aliphatic heterocycles. The van der Waals surface area contributed by atoms with E-state index in [4.69, 9.17) is 5.11 Å². The minimum absolute atomic E-state index is 0.0502. The van der Waals surface area contributed by atoms with Crippen LogP contribution in [0.25, 0.3) is 0 Å². The molecule has 2 aliphatic rings. The van der Waals surface area contributed by atoms with Crippen LogP contribution in [0.1, 0.15) is 71.4 Å². The van der Waals surface area contributed by atoms with Crippen LogP contribution in [0, 0.1) is 0 Å². The smallest absolute Gasteiger partial charge is 0.303 e. The summed E-state index contributed by atoms with van der Waals surface area (Å²) in [6.45, 7) is 13.3. The van der Waals surface area contributed by atoms with Gasteiger partial charge in [0.15, 0.2) is 5.71 Å². The van der Waals surface area contributed by atoms with E-state index < -0.39 is 5.97 Å². The van der Waals surface area contributed by atoms with Crippen LogP contribution < -0.4 is 4.90 Å². The molecule has 35 heavy (non-hydrogen) atoms. The summed E-state index contributed by atoms with van der Waals surface area (Å²) in [6.07, 6.45) is 9.64. The normalized spacial score (nSPS) is 19.0. The van der Waals surface area contributed by atoms with Crippen molar-refractivity contribution in [1.82, 2.24) is 0 Å². The lowest BCUT2D eigenvalue weighted by Crippen LogP contribution is -2.28. The highest BCUT2D eigenvalue weighted by atomic mass is 16.4. The summed E-state index contributed by atoms with van der Waals surface area (Å²) in [5, 5.41) is 9.04. The SMILES string of the molecule is CCC[N+]1=C(/C=C/C=C2/N(CCCCC(=O)O)c3ccccc3C2(C)C)C(C)(C)c2ccccc21. The molecular weight excluding hydrogens is 432 g/mol. The lowest BCUT2D eigenvalue weighted by Gasteiger charge is -2.27. The highest BCUT2D eigenvalue weighted by Gasteiger charge is 2.44. The van der Waals surface area contributed by atoms with E-state index in [9.17, 15) is 4.79 Å². The number of anilines is 1. The van der Waals surface area contributed by atoms with Gasteiger partial charge in [-0.1, -0.05) is 63.2 Å². The van der Waals surface area contributed by atoms with E-state index >= 15 is 0 Å². The van der Waals surface area contributed by atoms with E-state index in [1.54, 1.807) is 0 Å². The van der Waals surface area contributed by atoms with Gasteiger partial charge >= 0.3 is 5.97 Å². The molecule has 4 rings (SSSR count). The summed E-state index contributed by atoms with van der Waals surface area (Å²) in [5.41, 5.74) is 7.70. The Bertz CT molecular complexity index is 1200. The molecule has 4 heteroatoms. The Balaban J connectivity index is 1.68. The third-order valence-corrected chi connectivity index (χ3v) is 7.58. The highest BCUT2D eigenvalue weighted by Crippen LogP contribution is 2.47. The zero-order valence-electron chi connectivity index (χ0n) is 21.8. The number of carboxylic acid groups (broad SMARTS) is 1. The molecule has 184 valence electrons. The number of aliphatic carboxylic acids is 1. The molecule has 0 saturated carbocycles. The molecule has 0 unspecified atom stereocenters. The average molecular weight is 472 g/mol. The lowest BCUT2D eigenvalue weighted by molar-refractivity contribution is -0.437. The first-order valence-electron chi connectivity index (χ1n) is 12.9. The van der Waals surface area contributed by atoms with Crippen molar-refractivity contribution in [3.05, 3.63) is 83.6 Å². The Morgan fingerprint density at radius 3 is 2.37 bits per heavy atom. The van der Waals surface area contributed by atoms with Crippen molar-refractivity contribution in [2.75, 3.05) is 18.0 Å². The second-order valence-electron chi connectivity index (χ2n) is 10.7. The number of hydrogen-bond acceptors (Lipinski definition) is 2. The van der Waals surface area contributed by atoms with Gasteiger partial charge < -0.3 is 10.0 Å². The average Bonchev–Trinajstić information content (AvgIpc) is 3.17. The molecule has 0 aromatic heterocycles. The summed E-state index contributed by atoms with van der Waals surface area (Å²) in [4.78, 5) is 13.4. The Morgan fingerprint density at radius 1 is 0.971 bits per heavy atom. The molecule has 1 N–H and O–H groups in total. The van der Waals surface area contributed by atoms with Gasteiger partial charge in [0.05, 0.1) is 5.41 Å². The third-order valence-electron chi connectivity index (χ3n) is 7.58. The van der Waals surface area contributed by atoms with Crippen molar-refractivity contribution in [1.29, 1.82) is 0 Å². The molecular formula is C31H39N2O2+. The molecule has 0 aliphatic carbocycles. The number of carbonyl (C=O) groups is 1. The van der Waals surface area contributed by atoms with Crippen LogP contribution in [0.15, 0.2) is 72.5 Å². The van der Waals surface area contributed by atoms with Crippen molar-refractivity contribution in [3.63, 3.8) is 0 Å². The number of nitrogens with zero attached hydrogens (tertiary/aromatic N) is 2. The van der Waals surface area contributed by atoms with Crippen LogP contribution >= 0.6 is 0 Å². The van der Waals surface area contributed by atoms with E-state index in [-0.39, 0.29) is 17.3 Å². The largest absolute Gasteiger partial charge is 0.481 e. The molecule has 0 bridgehead atoms. The maximum atomic E-state index is 11.0. The predicted molar refractivity (Wildman–Crippen MR) is 145 cm³/mol. The molecule has 4 nitrogen and oxygen atoms in total. The van der Waals surface area contributed by atoms with Gasteiger partial charge in [0.25, 0.3) is 0 Å². The summed E-state index contributed by atoms with van der Waals surface area (Å²) in [5.74, 6) is -0.723. The van der Waals surface area contributed by atoms with Crippen LogP contribution in [0.3, 0.4) is 0 Å². The first kappa shape index (κ1) is 25.0. The van der Waals surface area contributed by atoms with Gasteiger partial charge in [0.1, 0.15) is 6.54 Å². The number of benzene rings is 2. The summed E-state index contributed by atoms with van der Waals surface area (Å²) in [6, 6.07) is 17.4. The number of unbranched alkanes of at least 4 members (excludes halogenated alkanes) is 1.